The first kappa shape index (κ1) is 21.2. The average Bonchev–Trinajstić information content (AvgIpc) is 2.96. The summed E-state index contributed by atoms with van der Waals surface area (Å²) in [7, 11) is 0. The SMILES string of the molecule is CC(C)[C@]1(C)CCC(C)(C)[C@@H](O)C1.C[C@@H]1C[C@@H]2[C@H](C[C@@]1(C)O)C2(C)C. The molecule has 3 aliphatic carbocycles. The molecule has 0 aliphatic heterocycles. The first-order valence-corrected chi connectivity index (χ1v) is 10.5. The van der Waals surface area contributed by atoms with Crippen LogP contribution in [0.15, 0.2) is 0 Å². The predicted molar refractivity (Wildman–Crippen MR) is 106 cm³/mol. The normalized spacial score (nSPS) is 47.5. The Kier molecular flexibility index (Phi) is 5.53. The van der Waals surface area contributed by atoms with Crippen LogP contribution < -0.4 is 0 Å². The second-order valence-corrected chi connectivity index (χ2v) is 11.7. The van der Waals surface area contributed by atoms with Gasteiger partial charge in [-0.1, -0.05) is 55.4 Å². The Bertz CT molecular complexity index is 476. The number of aliphatic hydroxyl groups excluding tert-OH is 1. The minimum atomic E-state index is -0.394. The third kappa shape index (κ3) is 4.10. The van der Waals surface area contributed by atoms with Crippen LogP contribution in [0, 0.1) is 39.9 Å². The first-order chi connectivity index (χ1) is 11.1. The molecule has 3 fully saturated rings. The molecule has 0 saturated heterocycles. The largest absolute Gasteiger partial charge is 0.393 e. The monoisotopic (exact) mass is 352 g/mol. The maximum Gasteiger partial charge on any atom is 0.0648 e. The topological polar surface area (TPSA) is 40.5 Å². The second-order valence-electron chi connectivity index (χ2n) is 11.7. The van der Waals surface area contributed by atoms with Crippen LogP contribution in [0.2, 0.25) is 0 Å². The zero-order valence-electron chi connectivity index (χ0n) is 18.3. The Balaban J connectivity index is 0.000000181. The Hall–Kier alpha value is -0.0800. The van der Waals surface area contributed by atoms with E-state index in [0.717, 1.165) is 31.1 Å². The molecule has 0 bridgehead atoms. The van der Waals surface area contributed by atoms with Gasteiger partial charge in [-0.2, -0.15) is 0 Å². The lowest BCUT2D eigenvalue weighted by Crippen LogP contribution is -2.42. The van der Waals surface area contributed by atoms with E-state index in [-0.39, 0.29) is 11.5 Å². The summed E-state index contributed by atoms with van der Waals surface area (Å²) in [5.41, 5.74) is 0.618. The molecule has 2 nitrogen and oxygen atoms in total. The van der Waals surface area contributed by atoms with Crippen molar-refractivity contribution in [1.29, 1.82) is 0 Å². The molecule has 0 unspecified atom stereocenters. The van der Waals surface area contributed by atoms with Gasteiger partial charge in [0.05, 0.1) is 11.7 Å². The standard InChI is InChI=1S/C12H24O.C11H20O/c1-9(2)12(5)7-6-11(3,4)10(13)8-12;1-7-5-8-9(10(8,2)3)6-11(7,4)12/h9-10,13H,6-8H2,1-5H3;7-9,12H,5-6H2,1-4H3/t10-,12+;7-,8-,9+,11-/m01/s1. The van der Waals surface area contributed by atoms with Crippen molar-refractivity contribution in [1.82, 2.24) is 0 Å². The molecule has 2 N–H and O–H groups in total. The predicted octanol–water partition coefficient (Wildman–Crippen LogP) is 5.66. The lowest BCUT2D eigenvalue weighted by atomic mass is 9.60. The summed E-state index contributed by atoms with van der Waals surface area (Å²) < 4.78 is 0. The molecule has 0 aromatic heterocycles. The maximum atomic E-state index is 10.1. The Morgan fingerprint density at radius 3 is 1.88 bits per heavy atom. The summed E-state index contributed by atoms with van der Waals surface area (Å²) in [6.07, 6.45) is 5.51. The van der Waals surface area contributed by atoms with Gasteiger partial charge in [0.15, 0.2) is 0 Å². The van der Waals surface area contributed by atoms with E-state index < -0.39 is 5.60 Å². The van der Waals surface area contributed by atoms with Crippen LogP contribution in [-0.2, 0) is 0 Å². The van der Waals surface area contributed by atoms with Crippen LogP contribution in [0.5, 0.6) is 0 Å². The van der Waals surface area contributed by atoms with Crippen molar-refractivity contribution < 1.29 is 10.2 Å². The van der Waals surface area contributed by atoms with E-state index in [4.69, 9.17) is 0 Å². The van der Waals surface area contributed by atoms with Crippen molar-refractivity contribution in [2.24, 2.45) is 39.9 Å². The molecule has 0 aromatic rings. The molecule has 3 saturated carbocycles. The zero-order valence-corrected chi connectivity index (χ0v) is 18.3. The van der Waals surface area contributed by atoms with Gasteiger partial charge < -0.3 is 10.2 Å². The molecular weight excluding hydrogens is 308 g/mol. The van der Waals surface area contributed by atoms with Crippen LogP contribution in [0.3, 0.4) is 0 Å². The van der Waals surface area contributed by atoms with E-state index in [1.54, 1.807) is 0 Å². The summed E-state index contributed by atoms with van der Waals surface area (Å²) in [4.78, 5) is 0. The number of aliphatic hydroxyl groups is 2. The minimum absolute atomic E-state index is 0.117. The number of hydrogen-bond acceptors (Lipinski definition) is 2. The molecule has 0 radical (unpaired) electrons. The maximum absolute atomic E-state index is 10.1. The fourth-order valence-corrected chi connectivity index (χ4v) is 5.13. The lowest BCUT2D eigenvalue weighted by Gasteiger charge is -2.47. The van der Waals surface area contributed by atoms with E-state index >= 15 is 0 Å². The van der Waals surface area contributed by atoms with Gasteiger partial charge >= 0.3 is 0 Å². The summed E-state index contributed by atoms with van der Waals surface area (Å²) in [5, 5.41) is 20.1. The summed E-state index contributed by atoms with van der Waals surface area (Å²) in [6.45, 7) is 20.1. The van der Waals surface area contributed by atoms with Crippen LogP contribution in [0.1, 0.15) is 94.4 Å². The number of fused-ring (bicyclic) bond motifs is 1. The third-order valence-electron chi connectivity index (χ3n) is 8.89. The first-order valence-electron chi connectivity index (χ1n) is 10.5. The highest BCUT2D eigenvalue weighted by atomic mass is 16.3. The Morgan fingerprint density at radius 2 is 1.44 bits per heavy atom. The van der Waals surface area contributed by atoms with E-state index in [2.05, 4.69) is 55.4 Å². The number of hydrogen-bond donors (Lipinski definition) is 2. The average molecular weight is 353 g/mol. The molecule has 2 heteroatoms. The molecule has 0 spiro atoms. The van der Waals surface area contributed by atoms with E-state index in [1.165, 1.54) is 12.8 Å². The number of rotatable bonds is 1. The van der Waals surface area contributed by atoms with E-state index in [9.17, 15) is 10.2 Å². The van der Waals surface area contributed by atoms with Crippen LogP contribution in [0.25, 0.3) is 0 Å². The second kappa shape index (κ2) is 6.51. The Labute approximate surface area is 156 Å². The van der Waals surface area contributed by atoms with Crippen molar-refractivity contribution >= 4 is 0 Å². The van der Waals surface area contributed by atoms with Crippen molar-refractivity contribution in [2.75, 3.05) is 0 Å². The Morgan fingerprint density at radius 1 is 0.880 bits per heavy atom. The van der Waals surface area contributed by atoms with Gasteiger partial charge in [-0.15, -0.1) is 0 Å². The smallest absolute Gasteiger partial charge is 0.0648 e. The van der Waals surface area contributed by atoms with E-state index in [1.807, 2.05) is 6.92 Å². The molecule has 148 valence electrons. The van der Waals surface area contributed by atoms with Gasteiger partial charge in [0.25, 0.3) is 0 Å². The van der Waals surface area contributed by atoms with Crippen molar-refractivity contribution in [3.05, 3.63) is 0 Å². The molecule has 0 heterocycles. The zero-order chi connectivity index (χ0) is 19.4. The fourth-order valence-electron chi connectivity index (χ4n) is 5.13. The summed E-state index contributed by atoms with van der Waals surface area (Å²) in [5.74, 6) is 2.86. The molecule has 3 aliphatic rings. The highest BCUT2D eigenvalue weighted by Gasteiger charge is 2.62. The summed E-state index contributed by atoms with van der Waals surface area (Å²) in [6, 6.07) is 0. The van der Waals surface area contributed by atoms with Gasteiger partial charge in [-0.05, 0) is 78.9 Å². The van der Waals surface area contributed by atoms with Crippen molar-refractivity contribution in [2.45, 2.75) is 106 Å². The molecule has 3 rings (SSSR count). The highest BCUT2D eigenvalue weighted by molar-refractivity contribution is 5.11. The van der Waals surface area contributed by atoms with Crippen LogP contribution in [-0.4, -0.2) is 21.9 Å². The van der Waals surface area contributed by atoms with Gasteiger partial charge in [0.1, 0.15) is 0 Å². The molecule has 0 amide bonds. The highest BCUT2D eigenvalue weighted by Crippen LogP contribution is 2.67. The lowest BCUT2D eigenvalue weighted by molar-refractivity contribution is -0.0538. The molecular formula is C23H44O2. The summed E-state index contributed by atoms with van der Waals surface area (Å²) >= 11 is 0. The molecule has 0 aromatic carbocycles. The van der Waals surface area contributed by atoms with Crippen molar-refractivity contribution in [3.63, 3.8) is 0 Å². The fraction of sp³-hybridized carbons (Fsp3) is 1.00. The van der Waals surface area contributed by atoms with Crippen molar-refractivity contribution in [3.8, 4) is 0 Å². The van der Waals surface area contributed by atoms with Gasteiger partial charge in [0.2, 0.25) is 0 Å². The van der Waals surface area contributed by atoms with Gasteiger partial charge in [-0.25, -0.2) is 0 Å². The van der Waals surface area contributed by atoms with E-state index in [0.29, 0.717) is 22.7 Å². The van der Waals surface area contributed by atoms with Crippen LogP contribution in [0.4, 0.5) is 0 Å². The van der Waals surface area contributed by atoms with Crippen LogP contribution >= 0.6 is 0 Å². The van der Waals surface area contributed by atoms with Gasteiger partial charge in [0, 0.05) is 0 Å². The minimum Gasteiger partial charge on any atom is -0.393 e. The third-order valence-corrected chi connectivity index (χ3v) is 8.89. The van der Waals surface area contributed by atoms with Gasteiger partial charge in [-0.3, -0.25) is 0 Å². The quantitative estimate of drug-likeness (QED) is 0.639. The molecule has 6 atom stereocenters. The molecule has 25 heavy (non-hydrogen) atoms.